The van der Waals surface area contributed by atoms with Gasteiger partial charge in [0.15, 0.2) is 0 Å². The first-order valence-corrected chi connectivity index (χ1v) is 8.60. The summed E-state index contributed by atoms with van der Waals surface area (Å²) >= 11 is 0. The van der Waals surface area contributed by atoms with Gasteiger partial charge in [-0.3, -0.25) is 0 Å². The SMILES string of the molecule is Fc1ccc2[nH]cc(C(Nc3ccncn3)C3CCCCC3)c2c1. The van der Waals surface area contributed by atoms with Gasteiger partial charge < -0.3 is 10.3 Å². The van der Waals surface area contributed by atoms with Crippen molar-refractivity contribution in [1.29, 1.82) is 0 Å². The van der Waals surface area contributed by atoms with E-state index < -0.39 is 0 Å². The molecule has 2 N–H and O–H groups in total. The molecule has 1 unspecified atom stereocenters. The molecule has 0 aliphatic heterocycles. The number of nitrogens with zero attached hydrogens (tertiary/aromatic N) is 2. The van der Waals surface area contributed by atoms with Gasteiger partial charge in [0.1, 0.15) is 18.0 Å². The summed E-state index contributed by atoms with van der Waals surface area (Å²) in [5.41, 5.74) is 2.09. The van der Waals surface area contributed by atoms with Crippen LogP contribution in [0.5, 0.6) is 0 Å². The van der Waals surface area contributed by atoms with E-state index in [0.29, 0.717) is 5.92 Å². The summed E-state index contributed by atoms with van der Waals surface area (Å²) in [5.74, 6) is 1.13. The van der Waals surface area contributed by atoms with Crippen LogP contribution >= 0.6 is 0 Å². The highest BCUT2D eigenvalue weighted by Crippen LogP contribution is 2.39. The van der Waals surface area contributed by atoms with Gasteiger partial charge in [-0.25, -0.2) is 14.4 Å². The third-order valence-electron chi connectivity index (χ3n) is 5.02. The summed E-state index contributed by atoms with van der Waals surface area (Å²) in [4.78, 5) is 11.6. The minimum Gasteiger partial charge on any atom is -0.363 e. The number of fused-ring (bicyclic) bond motifs is 1. The van der Waals surface area contributed by atoms with Crippen molar-refractivity contribution in [2.75, 3.05) is 5.32 Å². The van der Waals surface area contributed by atoms with Crippen molar-refractivity contribution in [3.63, 3.8) is 0 Å². The molecule has 0 radical (unpaired) electrons. The fourth-order valence-electron chi connectivity index (χ4n) is 3.82. The molecule has 2 heterocycles. The molecule has 1 aliphatic rings. The third-order valence-corrected chi connectivity index (χ3v) is 5.02. The van der Waals surface area contributed by atoms with Crippen LogP contribution in [0, 0.1) is 11.7 Å². The molecule has 0 bridgehead atoms. The lowest BCUT2D eigenvalue weighted by atomic mass is 9.81. The highest BCUT2D eigenvalue weighted by Gasteiger charge is 2.27. The zero-order chi connectivity index (χ0) is 16.4. The summed E-state index contributed by atoms with van der Waals surface area (Å²) in [6, 6.07) is 6.92. The lowest BCUT2D eigenvalue weighted by molar-refractivity contribution is 0.321. The van der Waals surface area contributed by atoms with Crippen molar-refractivity contribution in [3.8, 4) is 0 Å². The normalized spacial score (nSPS) is 17.0. The van der Waals surface area contributed by atoms with Gasteiger partial charge in [-0.1, -0.05) is 19.3 Å². The number of hydrogen-bond donors (Lipinski definition) is 2. The Bertz CT molecular complexity index is 809. The van der Waals surface area contributed by atoms with E-state index >= 15 is 0 Å². The quantitative estimate of drug-likeness (QED) is 0.722. The number of halogens is 1. The number of aromatic nitrogens is 3. The van der Waals surface area contributed by atoms with Gasteiger partial charge in [0.25, 0.3) is 0 Å². The van der Waals surface area contributed by atoms with Crippen molar-refractivity contribution in [1.82, 2.24) is 15.0 Å². The van der Waals surface area contributed by atoms with Crippen LogP contribution < -0.4 is 5.32 Å². The molecule has 1 aliphatic carbocycles. The number of benzene rings is 1. The highest BCUT2D eigenvalue weighted by atomic mass is 19.1. The second-order valence-electron chi connectivity index (χ2n) is 6.55. The molecule has 1 aromatic carbocycles. The molecule has 2 aromatic heterocycles. The van der Waals surface area contributed by atoms with Crippen molar-refractivity contribution in [2.24, 2.45) is 5.92 Å². The Labute approximate surface area is 140 Å². The maximum Gasteiger partial charge on any atom is 0.129 e. The van der Waals surface area contributed by atoms with Crippen LogP contribution in [0.25, 0.3) is 10.9 Å². The number of anilines is 1. The van der Waals surface area contributed by atoms with E-state index in [1.165, 1.54) is 38.2 Å². The van der Waals surface area contributed by atoms with Crippen LogP contribution in [0.1, 0.15) is 43.7 Å². The lowest BCUT2D eigenvalue weighted by Crippen LogP contribution is -2.23. The minimum atomic E-state index is -0.201. The summed E-state index contributed by atoms with van der Waals surface area (Å²) in [6.07, 6.45) is 11.5. The Morgan fingerprint density at radius 1 is 1.17 bits per heavy atom. The molecular weight excluding hydrogens is 303 g/mol. The van der Waals surface area contributed by atoms with Gasteiger partial charge in [0, 0.05) is 28.9 Å². The third kappa shape index (κ3) is 2.98. The van der Waals surface area contributed by atoms with Gasteiger partial charge in [-0.2, -0.15) is 0 Å². The van der Waals surface area contributed by atoms with E-state index in [2.05, 4.69) is 20.3 Å². The van der Waals surface area contributed by atoms with Crippen LogP contribution in [-0.2, 0) is 0 Å². The molecule has 4 nitrogen and oxygen atoms in total. The minimum absolute atomic E-state index is 0.121. The molecule has 3 aromatic rings. The first-order valence-electron chi connectivity index (χ1n) is 8.60. The second kappa shape index (κ2) is 6.59. The van der Waals surface area contributed by atoms with E-state index in [-0.39, 0.29) is 11.9 Å². The number of rotatable bonds is 4. The van der Waals surface area contributed by atoms with Crippen LogP contribution in [-0.4, -0.2) is 15.0 Å². The average Bonchev–Trinajstić information content (AvgIpc) is 3.04. The summed E-state index contributed by atoms with van der Waals surface area (Å²) in [5, 5.41) is 4.52. The van der Waals surface area contributed by atoms with E-state index in [1.807, 2.05) is 12.3 Å². The van der Waals surface area contributed by atoms with Crippen LogP contribution in [0.15, 0.2) is 43.0 Å². The van der Waals surface area contributed by atoms with Gasteiger partial charge in [-0.05, 0) is 43.0 Å². The van der Waals surface area contributed by atoms with Gasteiger partial charge in [0.2, 0.25) is 0 Å². The van der Waals surface area contributed by atoms with E-state index in [9.17, 15) is 4.39 Å². The van der Waals surface area contributed by atoms with Gasteiger partial charge >= 0.3 is 0 Å². The standard InChI is InChI=1S/C19H21FN4/c20-14-6-7-17-15(10-14)16(11-22-17)19(13-4-2-1-3-5-13)24-18-8-9-21-12-23-18/h6-13,19,22H,1-5H2,(H,21,23,24). The Hall–Kier alpha value is -2.43. The topological polar surface area (TPSA) is 53.6 Å². The molecule has 0 amide bonds. The Balaban J connectivity index is 1.74. The summed E-state index contributed by atoms with van der Waals surface area (Å²) in [7, 11) is 0. The van der Waals surface area contributed by atoms with E-state index in [4.69, 9.17) is 0 Å². The van der Waals surface area contributed by atoms with Gasteiger partial charge in [0.05, 0.1) is 6.04 Å². The van der Waals surface area contributed by atoms with Crippen molar-refractivity contribution in [2.45, 2.75) is 38.1 Å². The van der Waals surface area contributed by atoms with E-state index in [1.54, 1.807) is 24.7 Å². The fraction of sp³-hybridized carbons (Fsp3) is 0.368. The van der Waals surface area contributed by atoms with Crippen LogP contribution in [0.4, 0.5) is 10.2 Å². The molecule has 1 fully saturated rings. The smallest absolute Gasteiger partial charge is 0.129 e. The fourth-order valence-corrected chi connectivity index (χ4v) is 3.82. The van der Waals surface area contributed by atoms with Crippen molar-refractivity contribution in [3.05, 3.63) is 54.4 Å². The molecule has 5 heteroatoms. The number of aromatic amines is 1. The summed E-state index contributed by atoms with van der Waals surface area (Å²) < 4.78 is 13.8. The number of nitrogens with one attached hydrogen (secondary N) is 2. The first kappa shape index (κ1) is 15.1. The number of hydrogen-bond acceptors (Lipinski definition) is 3. The molecule has 0 saturated heterocycles. The highest BCUT2D eigenvalue weighted by molar-refractivity contribution is 5.84. The lowest BCUT2D eigenvalue weighted by Gasteiger charge is -2.31. The zero-order valence-corrected chi connectivity index (χ0v) is 13.5. The molecule has 124 valence electrons. The largest absolute Gasteiger partial charge is 0.363 e. The average molecular weight is 324 g/mol. The molecule has 1 saturated carbocycles. The Morgan fingerprint density at radius 3 is 2.83 bits per heavy atom. The summed E-state index contributed by atoms with van der Waals surface area (Å²) in [6.45, 7) is 0. The molecule has 24 heavy (non-hydrogen) atoms. The van der Waals surface area contributed by atoms with Gasteiger partial charge in [-0.15, -0.1) is 0 Å². The molecule has 1 atom stereocenters. The zero-order valence-electron chi connectivity index (χ0n) is 13.5. The monoisotopic (exact) mass is 324 g/mol. The Morgan fingerprint density at radius 2 is 2.04 bits per heavy atom. The predicted octanol–water partition coefficient (Wildman–Crippen LogP) is 4.83. The molecule has 4 rings (SSSR count). The maximum atomic E-state index is 13.8. The van der Waals surface area contributed by atoms with Crippen molar-refractivity contribution < 1.29 is 4.39 Å². The number of H-pyrrole nitrogens is 1. The van der Waals surface area contributed by atoms with Crippen molar-refractivity contribution >= 4 is 16.7 Å². The second-order valence-corrected chi connectivity index (χ2v) is 6.55. The maximum absolute atomic E-state index is 13.8. The van der Waals surface area contributed by atoms with Crippen LogP contribution in [0.3, 0.4) is 0 Å². The van der Waals surface area contributed by atoms with Crippen LogP contribution in [0.2, 0.25) is 0 Å². The Kier molecular flexibility index (Phi) is 4.15. The predicted molar refractivity (Wildman–Crippen MR) is 93.2 cm³/mol. The molecular formula is C19H21FN4. The van der Waals surface area contributed by atoms with E-state index in [0.717, 1.165) is 22.3 Å². The first-order chi connectivity index (χ1) is 11.8. The molecule has 0 spiro atoms.